The van der Waals surface area contributed by atoms with Crippen LogP contribution in [-0.4, -0.2) is 53.6 Å². The van der Waals surface area contributed by atoms with Crippen LogP contribution in [0.15, 0.2) is 0 Å². The minimum absolute atomic E-state index is 0.0531. The molecule has 1 aliphatic heterocycles. The lowest BCUT2D eigenvalue weighted by molar-refractivity contribution is -0.109. The van der Waals surface area contributed by atoms with Gasteiger partial charge in [-0.2, -0.15) is 0 Å². The Kier molecular flexibility index (Phi) is 3.82. The molecule has 0 aromatic heterocycles. The smallest absolute Gasteiger partial charge is 0.410 e. The van der Waals surface area contributed by atoms with Crippen LogP contribution in [-0.2, 0) is 9.47 Å². The first kappa shape index (κ1) is 13.6. The van der Waals surface area contributed by atoms with Crippen molar-refractivity contribution in [2.45, 2.75) is 51.4 Å². The zero-order valence-electron chi connectivity index (χ0n) is 11.4. The fraction of sp³-hybridized carbons (Fsp3) is 0.923. The maximum Gasteiger partial charge on any atom is 0.410 e. The van der Waals surface area contributed by atoms with Crippen LogP contribution in [0.4, 0.5) is 4.79 Å². The van der Waals surface area contributed by atoms with Gasteiger partial charge in [-0.15, -0.1) is 0 Å². The molecular weight excluding hydrogens is 234 g/mol. The third-order valence-corrected chi connectivity index (χ3v) is 3.19. The van der Waals surface area contributed by atoms with Gasteiger partial charge in [0.15, 0.2) is 0 Å². The van der Waals surface area contributed by atoms with Crippen LogP contribution in [0.1, 0.15) is 33.6 Å². The van der Waals surface area contributed by atoms with E-state index >= 15 is 0 Å². The topological polar surface area (TPSA) is 59.0 Å². The van der Waals surface area contributed by atoms with Gasteiger partial charge in [-0.25, -0.2) is 4.79 Å². The molecule has 0 unspecified atom stereocenters. The molecule has 2 rings (SSSR count). The van der Waals surface area contributed by atoms with Gasteiger partial charge in [-0.3, -0.25) is 0 Å². The molecule has 1 amide bonds. The molecule has 0 spiro atoms. The fourth-order valence-electron chi connectivity index (χ4n) is 2.18. The highest BCUT2D eigenvalue weighted by Crippen LogP contribution is 2.36. The number of aliphatic hydroxyl groups excluding tert-OH is 1. The summed E-state index contributed by atoms with van der Waals surface area (Å²) in [6.45, 7) is 6.50. The molecular formula is C13H23NO4. The number of carbonyl (C=O) groups is 1. The summed E-state index contributed by atoms with van der Waals surface area (Å²) in [5, 5.41) is 9.24. The normalized spacial score (nSPS) is 29.2. The Morgan fingerprint density at radius 2 is 2.06 bits per heavy atom. The van der Waals surface area contributed by atoms with Gasteiger partial charge in [0.2, 0.25) is 0 Å². The van der Waals surface area contributed by atoms with Crippen molar-refractivity contribution in [2.24, 2.45) is 5.92 Å². The lowest BCUT2D eigenvalue weighted by Gasteiger charge is -2.38. The minimum Gasteiger partial charge on any atom is -0.444 e. The number of amides is 1. The molecule has 0 radical (unpaired) electrons. The van der Waals surface area contributed by atoms with Gasteiger partial charge in [0.25, 0.3) is 0 Å². The van der Waals surface area contributed by atoms with Crippen LogP contribution in [0.25, 0.3) is 0 Å². The molecule has 0 aromatic rings. The van der Waals surface area contributed by atoms with Gasteiger partial charge in [0.05, 0.1) is 31.9 Å². The molecule has 2 aliphatic rings. The molecule has 0 bridgehead atoms. The predicted octanol–water partition coefficient (Wildman–Crippen LogP) is 1.39. The number of ether oxygens (including phenoxy) is 2. The molecule has 18 heavy (non-hydrogen) atoms. The first-order valence-electron chi connectivity index (χ1n) is 6.63. The Balaban J connectivity index is 1.95. The van der Waals surface area contributed by atoms with Gasteiger partial charge in [0.1, 0.15) is 5.60 Å². The van der Waals surface area contributed by atoms with Crippen molar-refractivity contribution >= 4 is 6.09 Å². The maximum atomic E-state index is 12.0. The van der Waals surface area contributed by atoms with E-state index in [2.05, 4.69) is 0 Å². The van der Waals surface area contributed by atoms with E-state index in [1.807, 2.05) is 20.8 Å². The minimum atomic E-state index is -0.487. The quantitative estimate of drug-likeness (QED) is 0.812. The number of hydrogen-bond donors (Lipinski definition) is 1. The average Bonchev–Trinajstić information content (AvgIpc) is 3.09. The molecule has 2 atom stereocenters. The van der Waals surface area contributed by atoms with Crippen LogP contribution in [0.5, 0.6) is 0 Å². The van der Waals surface area contributed by atoms with E-state index in [-0.39, 0.29) is 24.9 Å². The molecule has 1 aliphatic carbocycles. The molecule has 1 N–H and O–H groups in total. The second-order valence-electron chi connectivity index (χ2n) is 6.20. The van der Waals surface area contributed by atoms with E-state index in [9.17, 15) is 9.90 Å². The van der Waals surface area contributed by atoms with Crippen molar-refractivity contribution in [3.8, 4) is 0 Å². The number of hydrogen-bond acceptors (Lipinski definition) is 4. The summed E-state index contributed by atoms with van der Waals surface area (Å²) in [7, 11) is 0. The number of aliphatic hydroxyl groups is 1. The average molecular weight is 257 g/mol. The molecule has 1 saturated heterocycles. The first-order valence-corrected chi connectivity index (χ1v) is 6.63. The van der Waals surface area contributed by atoms with E-state index in [1.165, 1.54) is 0 Å². The summed E-state index contributed by atoms with van der Waals surface area (Å²) < 4.78 is 11.1. The van der Waals surface area contributed by atoms with E-state index in [1.54, 1.807) is 4.90 Å². The van der Waals surface area contributed by atoms with Crippen LogP contribution in [0.2, 0.25) is 0 Å². The van der Waals surface area contributed by atoms with Gasteiger partial charge >= 0.3 is 6.09 Å². The molecule has 1 saturated carbocycles. The van der Waals surface area contributed by atoms with Crippen LogP contribution >= 0.6 is 0 Å². The van der Waals surface area contributed by atoms with Crippen LogP contribution < -0.4 is 0 Å². The van der Waals surface area contributed by atoms with Gasteiger partial charge in [0, 0.05) is 0 Å². The Hall–Kier alpha value is -0.810. The number of carbonyl (C=O) groups excluding carboxylic acids is 1. The summed E-state index contributed by atoms with van der Waals surface area (Å²) >= 11 is 0. The second kappa shape index (κ2) is 5.05. The maximum absolute atomic E-state index is 12.0. The van der Waals surface area contributed by atoms with Gasteiger partial charge < -0.3 is 19.5 Å². The monoisotopic (exact) mass is 257 g/mol. The summed E-state index contributed by atoms with van der Waals surface area (Å²) in [5.41, 5.74) is -0.487. The largest absolute Gasteiger partial charge is 0.444 e. The van der Waals surface area contributed by atoms with Crippen molar-refractivity contribution in [3.63, 3.8) is 0 Å². The summed E-state index contributed by atoms with van der Waals surface area (Å²) in [6.07, 6.45) is 1.78. The predicted molar refractivity (Wildman–Crippen MR) is 66.3 cm³/mol. The molecule has 2 fully saturated rings. The first-order chi connectivity index (χ1) is 8.39. The number of rotatable bonds is 2. The number of morpholine rings is 1. The Bertz CT molecular complexity index is 309. The molecule has 1 heterocycles. The third-order valence-electron chi connectivity index (χ3n) is 3.19. The zero-order valence-corrected chi connectivity index (χ0v) is 11.4. The fourth-order valence-corrected chi connectivity index (χ4v) is 2.18. The van der Waals surface area contributed by atoms with Crippen molar-refractivity contribution in [1.82, 2.24) is 4.90 Å². The van der Waals surface area contributed by atoms with E-state index < -0.39 is 5.60 Å². The van der Waals surface area contributed by atoms with Crippen molar-refractivity contribution < 1.29 is 19.4 Å². The van der Waals surface area contributed by atoms with Crippen molar-refractivity contribution in [2.75, 3.05) is 19.7 Å². The third kappa shape index (κ3) is 3.59. The van der Waals surface area contributed by atoms with Crippen molar-refractivity contribution in [3.05, 3.63) is 0 Å². The molecule has 104 valence electrons. The highest BCUT2D eigenvalue weighted by molar-refractivity contribution is 5.68. The standard InChI is InChI=1S/C13H23NO4/c1-13(2,3)18-12(16)14-6-10(8-15)17-11(7-14)9-4-5-9/h9-11,15H,4-8H2,1-3H3/t10-,11-/m0/s1. The van der Waals surface area contributed by atoms with Crippen molar-refractivity contribution in [1.29, 1.82) is 0 Å². The summed E-state index contributed by atoms with van der Waals surface area (Å²) in [5.74, 6) is 0.546. The highest BCUT2D eigenvalue weighted by atomic mass is 16.6. The summed E-state index contributed by atoms with van der Waals surface area (Å²) in [4.78, 5) is 13.7. The zero-order chi connectivity index (χ0) is 13.3. The SMILES string of the molecule is CC(C)(C)OC(=O)N1C[C@@H](CO)O[C@H](C2CC2)C1. The van der Waals surface area contributed by atoms with E-state index in [0.29, 0.717) is 19.0 Å². The Labute approximate surface area is 108 Å². The molecule has 5 nitrogen and oxygen atoms in total. The van der Waals surface area contributed by atoms with Gasteiger partial charge in [-0.1, -0.05) is 0 Å². The Morgan fingerprint density at radius 3 is 2.56 bits per heavy atom. The van der Waals surface area contributed by atoms with E-state index in [0.717, 1.165) is 12.8 Å². The summed E-state index contributed by atoms with van der Waals surface area (Å²) in [6, 6.07) is 0. The lowest BCUT2D eigenvalue weighted by Crippen LogP contribution is -2.52. The molecule has 5 heteroatoms. The lowest BCUT2D eigenvalue weighted by atomic mass is 10.1. The second-order valence-corrected chi connectivity index (χ2v) is 6.20. The highest BCUT2D eigenvalue weighted by Gasteiger charge is 2.40. The van der Waals surface area contributed by atoms with Crippen LogP contribution in [0, 0.1) is 5.92 Å². The molecule has 0 aromatic carbocycles. The van der Waals surface area contributed by atoms with Crippen LogP contribution in [0.3, 0.4) is 0 Å². The number of nitrogens with zero attached hydrogens (tertiary/aromatic N) is 1. The Morgan fingerprint density at radius 1 is 1.39 bits per heavy atom. The van der Waals surface area contributed by atoms with Gasteiger partial charge in [-0.05, 0) is 39.5 Å². The van der Waals surface area contributed by atoms with E-state index in [4.69, 9.17) is 9.47 Å².